The molecule has 4 aromatic rings. The van der Waals surface area contributed by atoms with Crippen LogP contribution in [0.5, 0.6) is 5.88 Å². The van der Waals surface area contributed by atoms with Gasteiger partial charge in [0.25, 0.3) is 0 Å². The molecular weight excluding hydrogens is 434 g/mol. The van der Waals surface area contributed by atoms with E-state index in [-0.39, 0.29) is 0 Å². The predicted octanol–water partition coefficient (Wildman–Crippen LogP) is 4.59. The van der Waals surface area contributed by atoms with Crippen LogP contribution in [0.15, 0.2) is 48.8 Å². The minimum Gasteiger partial charge on any atom is -0.478 e. The van der Waals surface area contributed by atoms with Gasteiger partial charge in [-0.25, -0.2) is 4.98 Å². The van der Waals surface area contributed by atoms with Crippen molar-refractivity contribution >= 4 is 17.2 Å². The highest BCUT2D eigenvalue weighted by Gasteiger charge is 2.38. The summed E-state index contributed by atoms with van der Waals surface area (Å²) < 4.78 is 5.95. The van der Waals surface area contributed by atoms with Gasteiger partial charge in [-0.2, -0.15) is 4.98 Å². The minimum absolute atomic E-state index is 0.506. The Balaban J connectivity index is 1.11. The van der Waals surface area contributed by atoms with Crippen LogP contribution in [0.1, 0.15) is 40.3 Å². The fraction of sp³-hybridized carbons (Fsp3) is 0.333. The van der Waals surface area contributed by atoms with E-state index in [4.69, 9.17) is 4.74 Å². The zero-order valence-corrected chi connectivity index (χ0v) is 19.4. The normalized spacial score (nSPS) is 17.0. The van der Waals surface area contributed by atoms with E-state index >= 15 is 0 Å². The van der Waals surface area contributed by atoms with Gasteiger partial charge in [-0.05, 0) is 56.9 Å². The van der Waals surface area contributed by atoms with Crippen LogP contribution in [0, 0.1) is 19.8 Å². The minimum atomic E-state index is 0.506. The van der Waals surface area contributed by atoms with Crippen LogP contribution in [0.3, 0.4) is 0 Å². The highest BCUT2D eigenvalue weighted by atomic mass is 32.1. The molecule has 0 saturated heterocycles. The lowest BCUT2D eigenvalue weighted by atomic mass is 10.1. The third-order valence-electron chi connectivity index (χ3n) is 5.59. The van der Waals surface area contributed by atoms with Crippen LogP contribution in [0.2, 0.25) is 0 Å². The molecule has 33 heavy (non-hydrogen) atoms. The Bertz CT molecular complexity index is 1210. The molecule has 0 spiro atoms. The Hall–Kier alpha value is -3.46. The molecule has 2 unspecified atom stereocenters. The second-order valence-corrected chi connectivity index (χ2v) is 9.40. The molecule has 0 bridgehead atoms. The van der Waals surface area contributed by atoms with Crippen LogP contribution in [0.25, 0.3) is 11.3 Å². The lowest BCUT2D eigenvalue weighted by Gasteiger charge is -2.09. The summed E-state index contributed by atoms with van der Waals surface area (Å²) in [5.41, 5.74) is 3.14. The van der Waals surface area contributed by atoms with Crippen molar-refractivity contribution in [3.8, 4) is 17.1 Å². The molecule has 1 aliphatic rings. The van der Waals surface area contributed by atoms with Gasteiger partial charge >= 0.3 is 0 Å². The maximum Gasteiger partial charge on any atom is 0.218 e. The summed E-state index contributed by atoms with van der Waals surface area (Å²) in [6, 6.07) is 12.0. The van der Waals surface area contributed by atoms with Gasteiger partial charge in [-0.15, -0.1) is 10.2 Å². The molecule has 0 aliphatic heterocycles. The Morgan fingerprint density at radius 2 is 2.03 bits per heavy atom. The predicted molar refractivity (Wildman–Crippen MR) is 127 cm³/mol. The molecule has 5 rings (SSSR count). The largest absolute Gasteiger partial charge is 0.478 e. The fourth-order valence-corrected chi connectivity index (χ4v) is 4.48. The van der Waals surface area contributed by atoms with Crippen molar-refractivity contribution < 1.29 is 4.74 Å². The quantitative estimate of drug-likeness (QED) is 0.388. The summed E-state index contributed by atoms with van der Waals surface area (Å²) in [5.74, 6) is 3.09. The molecule has 1 aliphatic carbocycles. The molecular formula is C24H25N7OS. The number of nitrogens with one attached hydrogen (secondary N) is 1. The second-order valence-electron chi connectivity index (χ2n) is 8.13. The van der Waals surface area contributed by atoms with Crippen molar-refractivity contribution in [2.75, 3.05) is 11.9 Å². The first-order valence-corrected chi connectivity index (χ1v) is 11.8. The molecule has 168 valence electrons. The van der Waals surface area contributed by atoms with Crippen LogP contribution in [-0.2, 0) is 6.54 Å². The molecule has 1 N–H and O–H groups in total. The topological polar surface area (TPSA) is 98.6 Å². The summed E-state index contributed by atoms with van der Waals surface area (Å²) in [5, 5.41) is 13.3. The van der Waals surface area contributed by atoms with Crippen molar-refractivity contribution in [2.45, 2.75) is 39.2 Å². The summed E-state index contributed by atoms with van der Waals surface area (Å²) in [4.78, 5) is 17.9. The fourth-order valence-electron chi connectivity index (χ4n) is 3.83. The van der Waals surface area contributed by atoms with Crippen LogP contribution in [-0.4, -0.2) is 36.7 Å². The van der Waals surface area contributed by atoms with Gasteiger partial charge < -0.3 is 10.1 Å². The first kappa shape index (κ1) is 21.4. The van der Waals surface area contributed by atoms with Crippen molar-refractivity contribution in [1.29, 1.82) is 0 Å². The highest BCUT2D eigenvalue weighted by molar-refractivity contribution is 7.11. The number of pyridine rings is 2. The smallest absolute Gasteiger partial charge is 0.218 e. The van der Waals surface area contributed by atoms with Gasteiger partial charge in [-0.3, -0.25) is 9.97 Å². The molecule has 4 heterocycles. The molecule has 0 amide bonds. The SMILES string of the molecule is Cc1nc(NCc2nnc(C)s2)cc(OCCC2CC2c2ccc(-c3ccccn3)cn2)n1. The van der Waals surface area contributed by atoms with E-state index in [1.807, 2.05) is 44.3 Å². The first-order chi connectivity index (χ1) is 16.1. The Morgan fingerprint density at radius 3 is 2.79 bits per heavy atom. The van der Waals surface area contributed by atoms with E-state index in [0.29, 0.717) is 36.7 Å². The molecule has 0 aromatic carbocycles. The number of nitrogens with zero attached hydrogens (tertiary/aromatic N) is 6. The van der Waals surface area contributed by atoms with Crippen molar-refractivity contribution in [3.05, 3.63) is 70.3 Å². The third-order valence-corrected chi connectivity index (χ3v) is 6.43. The van der Waals surface area contributed by atoms with Crippen LogP contribution >= 0.6 is 11.3 Å². The van der Waals surface area contributed by atoms with Crippen LogP contribution in [0.4, 0.5) is 5.82 Å². The van der Waals surface area contributed by atoms with Crippen molar-refractivity contribution in [1.82, 2.24) is 30.1 Å². The summed E-state index contributed by atoms with van der Waals surface area (Å²) in [6.45, 7) is 5.01. The lowest BCUT2D eigenvalue weighted by Crippen LogP contribution is -2.06. The Morgan fingerprint density at radius 1 is 1.09 bits per heavy atom. The highest BCUT2D eigenvalue weighted by Crippen LogP contribution is 2.48. The summed E-state index contributed by atoms with van der Waals surface area (Å²) >= 11 is 1.57. The Kier molecular flexibility index (Phi) is 6.21. The summed E-state index contributed by atoms with van der Waals surface area (Å²) in [7, 11) is 0. The third kappa shape index (κ3) is 5.48. The summed E-state index contributed by atoms with van der Waals surface area (Å²) in [6.07, 6.45) is 5.85. The van der Waals surface area contributed by atoms with E-state index in [0.717, 1.165) is 45.6 Å². The van der Waals surface area contributed by atoms with Gasteiger partial charge in [-0.1, -0.05) is 17.4 Å². The zero-order chi connectivity index (χ0) is 22.6. The van der Waals surface area contributed by atoms with E-state index in [1.54, 1.807) is 17.5 Å². The molecule has 2 atom stereocenters. The van der Waals surface area contributed by atoms with Gasteiger partial charge in [0.1, 0.15) is 21.7 Å². The molecule has 9 heteroatoms. The maximum absolute atomic E-state index is 5.95. The van der Waals surface area contributed by atoms with Gasteiger partial charge in [0, 0.05) is 35.6 Å². The van der Waals surface area contributed by atoms with Gasteiger partial charge in [0.05, 0.1) is 18.8 Å². The van der Waals surface area contributed by atoms with Crippen molar-refractivity contribution in [2.24, 2.45) is 5.92 Å². The van der Waals surface area contributed by atoms with E-state index in [1.165, 1.54) is 0 Å². The molecule has 1 saturated carbocycles. The van der Waals surface area contributed by atoms with Crippen LogP contribution < -0.4 is 10.1 Å². The van der Waals surface area contributed by atoms with Gasteiger partial charge in [0.2, 0.25) is 5.88 Å². The number of hydrogen-bond acceptors (Lipinski definition) is 9. The number of ether oxygens (including phenoxy) is 1. The monoisotopic (exact) mass is 459 g/mol. The van der Waals surface area contributed by atoms with E-state index in [2.05, 4.69) is 47.6 Å². The average molecular weight is 460 g/mol. The number of anilines is 1. The molecule has 1 fully saturated rings. The lowest BCUT2D eigenvalue weighted by molar-refractivity contribution is 0.289. The van der Waals surface area contributed by atoms with Crippen molar-refractivity contribution in [3.63, 3.8) is 0 Å². The number of rotatable bonds is 9. The van der Waals surface area contributed by atoms with Gasteiger partial charge in [0.15, 0.2) is 0 Å². The number of aryl methyl sites for hydroxylation is 2. The first-order valence-electron chi connectivity index (χ1n) is 11.0. The number of aromatic nitrogens is 6. The molecule has 4 aromatic heterocycles. The average Bonchev–Trinajstić information content (AvgIpc) is 3.48. The molecule has 8 nitrogen and oxygen atoms in total. The maximum atomic E-state index is 5.95. The standard InChI is InChI=1S/C24H25N7OS/c1-15-28-22(27-14-24-31-30-16(2)33-24)12-23(29-15)32-10-8-17-11-19(17)21-7-6-18(13-26-21)20-5-3-4-9-25-20/h3-7,9,12-13,17,19H,8,10-11,14H2,1-2H3,(H,27,28,29). The van der Waals surface area contributed by atoms with E-state index in [9.17, 15) is 0 Å². The van der Waals surface area contributed by atoms with E-state index < -0.39 is 0 Å². The second kappa shape index (κ2) is 9.58. The Labute approximate surface area is 196 Å². The zero-order valence-electron chi connectivity index (χ0n) is 18.6. The molecule has 0 radical (unpaired) electrons. The number of hydrogen-bond donors (Lipinski definition) is 1.